The van der Waals surface area contributed by atoms with E-state index in [4.69, 9.17) is 5.73 Å². The van der Waals surface area contributed by atoms with Crippen molar-refractivity contribution in [3.05, 3.63) is 0 Å². The Kier molecular flexibility index (Phi) is 3.61. The van der Waals surface area contributed by atoms with Crippen molar-refractivity contribution in [2.45, 2.75) is 30.6 Å². The Morgan fingerprint density at radius 2 is 2.13 bits per heavy atom. The fourth-order valence-electron chi connectivity index (χ4n) is 2.56. The summed E-state index contributed by atoms with van der Waals surface area (Å²) in [5, 5.41) is 0. The molecule has 0 aliphatic carbocycles. The van der Waals surface area contributed by atoms with Crippen LogP contribution >= 0.6 is 23.5 Å². The van der Waals surface area contributed by atoms with Crippen LogP contribution in [0.2, 0.25) is 0 Å². The normalized spacial score (nSPS) is 37.0. The minimum atomic E-state index is 0.322. The zero-order valence-corrected chi connectivity index (χ0v) is 11.4. The first-order valence-corrected chi connectivity index (χ1v) is 7.89. The molecule has 2 fully saturated rings. The Morgan fingerprint density at radius 3 is 2.67 bits per heavy atom. The highest BCUT2D eigenvalue weighted by Gasteiger charge is 2.42. The predicted molar refractivity (Wildman–Crippen MR) is 71.8 cm³/mol. The molecule has 0 aromatic carbocycles. The lowest BCUT2D eigenvalue weighted by atomic mass is 9.95. The van der Waals surface area contributed by atoms with Crippen molar-refractivity contribution in [1.29, 1.82) is 0 Å². The van der Waals surface area contributed by atoms with Gasteiger partial charge in [0.15, 0.2) is 0 Å². The maximum atomic E-state index is 6.03. The Bertz CT molecular complexity index is 225. The van der Waals surface area contributed by atoms with Crippen LogP contribution in [0.25, 0.3) is 0 Å². The molecule has 2 N–H and O–H groups in total. The number of hydrogen-bond donors (Lipinski definition) is 1. The maximum absolute atomic E-state index is 6.03. The van der Waals surface area contributed by atoms with Gasteiger partial charge in [0.2, 0.25) is 0 Å². The van der Waals surface area contributed by atoms with Crippen molar-refractivity contribution >= 4 is 23.5 Å². The summed E-state index contributed by atoms with van der Waals surface area (Å²) in [6, 6.07) is 0. The van der Waals surface area contributed by atoms with Crippen LogP contribution in [-0.4, -0.2) is 52.1 Å². The Balaban J connectivity index is 2.08. The molecule has 0 spiro atoms. The van der Waals surface area contributed by atoms with Crippen LogP contribution in [0.4, 0.5) is 0 Å². The van der Waals surface area contributed by atoms with Gasteiger partial charge in [-0.05, 0) is 26.0 Å². The molecule has 88 valence electrons. The second-order valence-corrected chi connectivity index (χ2v) is 8.17. The molecule has 0 amide bonds. The van der Waals surface area contributed by atoms with Gasteiger partial charge in [-0.2, -0.15) is 23.5 Å². The third kappa shape index (κ3) is 2.48. The molecule has 1 unspecified atom stereocenters. The van der Waals surface area contributed by atoms with Crippen LogP contribution in [0.3, 0.4) is 0 Å². The van der Waals surface area contributed by atoms with Gasteiger partial charge in [0.25, 0.3) is 0 Å². The van der Waals surface area contributed by atoms with Crippen molar-refractivity contribution in [2.75, 3.05) is 36.9 Å². The molecule has 0 aromatic heterocycles. The fraction of sp³-hybridized carbons (Fsp3) is 1.00. The van der Waals surface area contributed by atoms with Gasteiger partial charge in [-0.1, -0.05) is 0 Å². The Morgan fingerprint density at radius 1 is 1.33 bits per heavy atom. The summed E-state index contributed by atoms with van der Waals surface area (Å²) < 4.78 is 0.410. The van der Waals surface area contributed by atoms with Gasteiger partial charge in [0, 0.05) is 41.4 Å². The first-order chi connectivity index (χ1) is 7.08. The maximum Gasteiger partial charge on any atom is 0.0430 e. The van der Waals surface area contributed by atoms with Gasteiger partial charge in [0.1, 0.15) is 0 Å². The quantitative estimate of drug-likeness (QED) is 0.802. The molecule has 0 saturated carbocycles. The third-order valence-corrected chi connectivity index (χ3v) is 6.09. The van der Waals surface area contributed by atoms with Crippen molar-refractivity contribution in [1.82, 2.24) is 4.90 Å². The summed E-state index contributed by atoms with van der Waals surface area (Å²) in [6.07, 6.45) is 1.29. The van der Waals surface area contributed by atoms with Crippen LogP contribution in [0.5, 0.6) is 0 Å². The van der Waals surface area contributed by atoms with Crippen LogP contribution in [0.1, 0.15) is 20.3 Å². The van der Waals surface area contributed by atoms with Crippen molar-refractivity contribution < 1.29 is 0 Å². The number of nitrogens with two attached hydrogens (primary N) is 1. The second-order valence-electron chi connectivity index (χ2n) is 5.26. The molecule has 4 heteroatoms. The largest absolute Gasteiger partial charge is 0.329 e. The summed E-state index contributed by atoms with van der Waals surface area (Å²) in [5.74, 6) is 3.80. The van der Waals surface area contributed by atoms with Gasteiger partial charge < -0.3 is 5.73 Å². The van der Waals surface area contributed by atoms with E-state index in [1.54, 1.807) is 0 Å². The summed E-state index contributed by atoms with van der Waals surface area (Å²) in [5.41, 5.74) is 6.35. The lowest BCUT2D eigenvalue weighted by Crippen LogP contribution is -2.59. The molecule has 2 rings (SSSR count). The summed E-state index contributed by atoms with van der Waals surface area (Å²) in [4.78, 5) is 2.67. The topological polar surface area (TPSA) is 29.3 Å². The first-order valence-electron chi connectivity index (χ1n) is 5.75. The number of nitrogens with zero attached hydrogens (tertiary/aromatic N) is 1. The van der Waals surface area contributed by atoms with E-state index >= 15 is 0 Å². The van der Waals surface area contributed by atoms with E-state index < -0.39 is 0 Å². The number of thioether (sulfide) groups is 2. The van der Waals surface area contributed by atoms with E-state index in [1.165, 1.54) is 36.8 Å². The Hall–Kier alpha value is 0.620. The highest BCUT2D eigenvalue weighted by Crippen LogP contribution is 2.38. The van der Waals surface area contributed by atoms with E-state index in [0.29, 0.717) is 10.3 Å². The van der Waals surface area contributed by atoms with E-state index in [-0.39, 0.29) is 0 Å². The average molecular weight is 246 g/mol. The van der Waals surface area contributed by atoms with Gasteiger partial charge in [-0.15, -0.1) is 0 Å². The zero-order chi connectivity index (χ0) is 10.9. The van der Waals surface area contributed by atoms with Crippen molar-refractivity contribution in [3.63, 3.8) is 0 Å². The SMILES string of the molecule is CC1(C)CN(C2(CN)CCSC2)CCS1. The van der Waals surface area contributed by atoms with Gasteiger partial charge in [0.05, 0.1) is 0 Å². The van der Waals surface area contributed by atoms with Gasteiger partial charge in [-0.25, -0.2) is 0 Å². The van der Waals surface area contributed by atoms with E-state index in [9.17, 15) is 0 Å². The second kappa shape index (κ2) is 4.47. The van der Waals surface area contributed by atoms with Crippen LogP contribution in [0.15, 0.2) is 0 Å². The number of rotatable bonds is 2. The predicted octanol–water partition coefficient (Wildman–Crippen LogP) is 1.65. The molecule has 2 aliphatic rings. The van der Waals surface area contributed by atoms with Gasteiger partial charge in [-0.3, -0.25) is 4.90 Å². The van der Waals surface area contributed by atoms with E-state index in [1.807, 2.05) is 0 Å². The Labute approximate surface area is 102 Å². The molecule has 2 aliphatic heterocycles. The summed E-state index contributed by atoms with van der Waals surface area (Å²) >= 11 is 4.17. The molecule has 0 radical (unpaired) electrons. The molecule has 1 atom stereocenters. The van der Waals surface area contributed by atoms with Crippen molar-refractivity contribution in [2.24, 2.45) is 5.73 Å². The molecule has 15 heavy (non-hydrogen) atoms. The monoisotopic (exact) mass is 246 g/mol. The average Bonchev–Trinajstić information content (AvgIpc) is 2.65. The van der Waals surface area contributed by atoms with E-state index in [0.717, 1.165) is 6.54 Å². The molecule has 2 nitrogen and oxygen atoms in total. The summed E-state index contributed by atoms with van der Waals surface area (Å²) in [7, 11) is 0. The molecular formula is C11H22N2S2. The molecule has 2 heterocycles. The standard InChI is InChI=1S/C11H22N2S2/c1-10(2)8-13(4-6-15-10)11(7-12)3-5-14-9-11/h3-9,12H2,1-2H3. The minimum Gasteiger partial charge on any atom is -0.329 e. The summed E-state index contributed by atoms with van der Waals surface area (Å²) in [6.45, 7) is 7.98. The molecule has 0 aromatic rings. The van der Waals surface area contributed by atoms with Crippen LogP contribution < -0.4 is 5.73 Å². The first kappa shape index (κ1) is 12.1. The third-order valence-electron chi connectivity index (χ3n) is 3.56. The van der Waals surface area contributed by atoms with Crippen LogP contribution in [-0.2, 0) is 0 Å². The highest BCUT2D eigenvalue weighted by atomic mass is 32.2. The smallest absolute Gasteiger partial charge is 0.0430 e. The fourth-order valence-corrected chi connectivity index (χ4v) is 5.16. The van der Waals surface area contributed by atoms with Crippen molar-refractivity contribution in [3.8, 4) is 0 Å². The minimum absolute atomic E-state index is 0.322. The lowest BCUT2D eigenvalue weighted by molar-refractivity contribution is 0.110. The zero-order valence-electron chi connectivity index (χ0n) is 9.79. The van der Waals surface area contributed by atoms with Crippen LogP contribution in [0, 0.1) is 0 Å². The molecular weight excluding hydrogens is 224 g/mol. The van der Waals surface area contributed by atoms with E-state index in [2.05, 4.69) is 42.3 Å². The molecule has 0 bridgehead atoms. The number of hydrogen-bond acceptors (Lipinski definition) is 4. The lowest BCUT2D eigenvalue weighted by Gasteiger charge is -2.47. The van der Waals surface area contributed by atoms with Gasteiger partial charge >= 0.3 is 0 Å². The molecule has 2 saturated heterocycles. The highest BCUT2D eigenvalue weighted by molar-refractivity contribution is 8.00.